The molecule has 2 nitrogen and oxygen atoms in total. The number of hydrogen-bond donors (Lipinski definition) is 1. The van der Waals surface area contributed by atoms with E-state index in [1.807, 2.05) is 0 Å². The molecule has 1 aromatic rings. The van der Waals surface area contributed by atoms with E-state index in [2.05, 4.69) is 5.32 Å². The molecule has 0 saturated carbocycles. The lowest BCUT2D eigenvalue weighted by molar-refractivity contribution is -0.137. The van der Waals surface area contributed by atoms with Crippen LogP contribution in [0.2, 0.25) is 0 Å². The second-order valence-electron chi connectivity index (χ2n) is 4.20. The normalized spacial score (nSPS) is 21.0. The number of ether oxygens (including phenoxy) is 1. The van der Waals surface area contributed by atoms with Crippen LogP contribution in [0.3, 0.4) is 0 Å². The van der Waals surface area contributed by atoms with Gasteiger partial charge in [-0.2, -0.15) is 13.2 Å². The monoisotopic (exact) mass is 263 g/mol. The van der Waals surface area contributed by atoms with Crippen molar-refractivity contribution in [2.24, 2.45) is 0 Å². The summed E-state index contributed by atoms with van der Waals surface area (Å²) >= 11 is 0. The molecule has 1 N–H and O–H groups in total. The zero-order valence-corrected chi connectivity index (χ0v) is 9.56. The summed E-state index contributed by atoms with van der Waals surface area (Å²) in [6.45, 7) is 1.72. The Balaban J connectivity index is 2.15. The van der Waals surface area contributed by atoms with Crippen molar-refractivity contribution in [1.29, 1.82) is 0 Å². The van der Waals surface area contributed by atoms with Gasteiger partial charge in [-0.15, -0.1) is 0 Å². The van der Waals surface area contributed by atoms with Crippen molar-refractivity contribution in [3.63, 3.8) is 0 Å². The van der Waals surface area contributed by atoms with Crippen molar-refractivity contribution in [3.05, 3.63) is 35.1 Å². The summed E-state index contributed by atoms with van der Waals surface area (Å²) in [5, 5.41) is 3.05. The first-order chi connectivity index (χ1) is 8.47. The molecule has 0 spiro atoms. The van der Waals surface area contributed by atoms with Gasteiger partial charge in [0.1, 0.15) is 5.82 Å². The van der Waals surface area contributed by atoms with Crippen LogP contribution in [0.25, 0.3) is 0 Å². The van der Waals surface area contributed by atoms with E-state index < -0.39 is 17.6 Å². The Morgan fingerprint density at radius 3 is 2.72 bits per heavy atom. The van der Waals surface area contributed by atoms with Gasteiger partial charge in [-0.3, -0.25) is 0 Å². The molecule has 1 atom stereocenters. The Labute approximate surface area is 102 Å². The smallest absolute Gasteiger partial charge is 0.375 e. The van der Waals surface area contributed by atoms with E-state index in [0.717, 1.165) is 18.2 Å². The van der Waals surface area contributed by atoms with Gasteiger partial charge in [-0.25, -0.2) is 4.39 Å². The SMILES string of the molecule is Fc1ccc(C(F)(F)F)cc1CC1CNCCO1. The van der Waals surface area contributed by atoms with Crippen LogP contribution in [0.4, 0.5) is 17.6 Å². The van der Waals surface area contributed by atoms with Crippen LogP contribution < -0.4 is 5.32 Å². The van der Waals surface area contributed by atoms with Gasteiger partial charge in [0, 0.05) is 19.5 Å². The number of alkyl halides is 3. The van der Waals surface area contributed by atoms with E-state index >= 15 is 0 Å². The highest BCUT2D eigenvalue weighted by atomic mass is 19.4. The first-order valence-electron chi connectivity index (χ1n) is 5.65. The van der Waals surface area contributed by atoms with Crippen molar-refractivity contribution in [3.8, 4) is 0 Å². The van der Waals surface area contributed by atoms with Crippen molar-refractivity contribution in [2.75, 3.05) is 19.7 Å². The second kappa shape index (κ2) is 5.24. The minimum atomic E-state index is -4.45. The first kappa shape index (κ1) is 13.3. The zero-order chi connectivity index (χ0) is 13.2. The van der Waals surface area contributed by atoms with Gasteiger partial charge >= 0.3 is 6.18 Å². The minimum Gasteiger partial charge on any atom is -0.375 e. The van der Waals surface area contributed by atoms with Gasteiger partial charge in [0.25, 0.3) is 0 Å². The number of morpholine rings is 1. The van der Waals surface area contributed by atoms with Crippen LogP contribution in [-0.2, 0) is 17.3 Å². The van der Waals surface area contributed by atoms with Gasteiger partial charge in [0.05, 0.1) is 18.3 Å². The summed E-state index contributed by atoms with van der Waals surface area (Å²) in [7, 11) is 0. The predicted molar refractivity (Wildman–Crippen MR) is 57.7 cm³/mol. The fourth-order valence-corrected chi connectivity index (χ4v) is 1.90. The average Bonchev–Trinajstić information content (AvgIpc) is 2.32. The number of nitrogens with one attached hydrogen (secondary N) is 1. The van der Waals surface area contributed by atoms with Crippen molar-refractivity contribution >= 4 is 0 Å². The fraction of sp³-hybridized carbons (Fsp3) is 0.500. The Kier molecular flexibility index (Phi) is 3.87. The molecule has 1 fully saturated rings. The van der Waals surface area contributed by atoms with Crippen LogP contribution in [0.1, 0.15) is 11.1 Å². The van der Waals surface area contributed by atoms with Crippen LogP contribution in [0, 0.1) is 5.82 Å². The van der Waals surface area contributed by atoms with E-state index in [1.165, 1.54) is 0 Å². The van der Waals surface area contributed by atoms with E-state index in [1.54, 1.807) is 0 Å². The molecule has 0 radical (unpaired) electrons. The molecule has 1 aliphatic heterocycles. The largest absolute Gasteiger partial charge is 0.416 e. The molecule has 2 rings (SSSR count). The van der Waals surface area contributed by atoms with Gasteiger partial charge in [0.2, 0.25) is 0 Å². The summed E-state index contributed by atoms with van der Waals surface area (Å²) in [5.74, 6) is -0.628. The van der Waals surface area contributed by atoms with E-state index in [9.17, 15) is 17.6 Å². The number of rotatable bonds is 2. The van der Waals surface area contributed by atoms with Gasteiger partial charge in [0.15, 0.2) is 0 Å². The van der Waals surface area contributed by atoms with Crippen LogP contribution in [0.5, 0.6) is 0 Å². The highest BCUT2D eigenvalue weighted by molar-refractivity contribution is 5.27. The molecule has 0 bridgehead atoms. The Hall–Kier alpha value is -1.14. The van der Waals surface area contributed by atoms with E-state index in [0.29, 0.717) is 19.7 Å². The maximum Gasteiger partial charge on any atom is 0.416 e. The Morgan fingerprint density at radius 2 is 2.11 bits per heavy atom. The van der Waals surface area contributed by atoms with Gasteiger partial charge in [-0.05, 0) is 23.8 Å². The van der Waals surface area contributed by atoms with E-state index in [-0.39, 0.29) is 18.1 Å². The third-order valence-corrected chi connectivity index (χ3v) is 2.83. The van der Waals surface area contributed by atoms with Crippen LogP contribution in [-0.4, -0.2) is 25.8 Å². The molecule has 1 unspecified atom stereocenters. The third-order valence-electron chi connectivity index (χ3n) is 2.83. The molecule has 1 aliphatic rings. The van der Waals surface area contributed by atoms with Crippen LogP contribution in [0.15, 0.2) is 18.2 Å². The average molecular weight is 263 g/mol. The molecule has 1 heterocycles. The Bertz CT molecular complexity index is 413. The number of halogens is 4. The summed E-state index contributed by atoms with van der Waals surface area (Å²) in [5.41, 5.74) is -0.791. The van der Waals surface area contributed by atoms with Crippen molar-refractivity contribution < 1.29 is 22.3 Å². The molecule has 6 heteroatoms. The Morgan fingerprint density at radius 1 is 1.33 bits per heavy atom. The molecule has 0 aromatic heterocycles. The zero-order valence-electron chi connectivity index (χ0n) is 9.56. The lowest BCUT2D eigenvalue weighted by Crippen LogP contribution is -2.39. The molecule has 0 amide bonds. The molecule has 1 aromatic carbocycles. The van der Waals surface area contributed by atoms with Crippen molar-refractivity contribution in [1.82, 2.24) is 5.32 Å². The minimum absolute atomic E-state index is 0.0403. The maximum absolute atomic E-state index is 13.5. The summed E-state index contributed by atoms with van der Waals surface area (Å²) < 4.78 is 56.4. The highest BCUT2D eigenvalue weighted by Crippen LogP contribution is 2.30. The lowest BCUT2D eigenvalue weighted by atomic mass is 10.0. The summed E-state index contributed by atoms with van der Waals surface area (Å²) in [6.07, 6.45) is -4.59. The molecule has 18 heavy (non-hydrogen) atoms. The predicted octanol–water partition coefficient (Wildman–Crippen LogP) is 2.38. The van der Waals surface area contributed by atoms with E-state index in [4.69, 9.17) is 4.74 Å². The topological polar surface area (TPSA) is 21.3 Å². The number of hydrogen-bond acceptors (Lipinski definition) is 2. The fourth-order valence-electron chi connectivity index (χ4n) is 1.90. The summed E-state index contributed by atoms with van der Waals surface area (Å²) in [4.78, 5) is 0. The molecule has 100 valence electrons. The molecule has 1 saturated heterocycles. The van der Waals surface area contributed by atoms with Gasteiger partial charge < -0.3 is 10.1 Å². The summed E-state index contributed by atoms with van der Waals surface area (Å²) in [6, 6.07) is 2.46. The quantitative estimate of drug-likeness (QED) is 0.827. The number of benzene rings is 1. The molecular formula is C12H13F4NO. The first-order valence-corrected chi connectivity index (χ1v) is 5.65. The van der Waals surface area contributed by atoms with Gasteiger partial charge in [-0.1, -0.05) is 0 Å². The van der Waals surface area contributed by atoms with Crippen LogP contribution >= 0.6 is 0 Å². The third kappa shape index (κ3) is 3.20. The lowest BCUT2D eigenvalue weighted by Gasteiger charge is -2.24. The maximum atomic E-state index is 13.5. The standard InChI is InChI=1S/C12H13F4NO/c13-11-2-1-9(12(14,15)16)5-8(11)6-10-7-17-3-4-18-10/h1-2,5,10,17H,3-4,6-7H2. The molecular weight excluding hydrogens is 250 g/mol. The highest BCUT2D eigenvalue weighted by Gasteiger charge is 2.31. The molecule has 0 aliphatic carbocycles. The second-order valence-corrected chi connectivity index (χ2v) is 4.20. The van der Waals surface area contributed by atoms with Crippen molar-refractivity contribution in [2.45, 2.75) is 18.7 Å².